The first kappa shape index (κ1) is 16.3. The lowest BCUT2D eigenvalue weighted by molar-refractivity contribution is -0.384. The molecule has 2 atom stereocenters. The molecule has 1 saturated carbocycles. The summed E-state index contributed by atoms with van der Waals surface area (Å²) in [5.74, 6) is 0.313. The Hall–Kier alpha value is -2.11. The number of carbonyl (C=O) groups excluding carboxylic acids is 1. The molecule has 1 aliphatic rings. The standard InChI is InChI=1S/C16H23N3O3/c1-4-5-11-8-14(11)18-13-7-6-12(9-15(13)19(21)22)16(20)17-10(2)3/h6-7,9-11,14,18H,4-5,8H2,1-3H3,(H,17,20). The first-order valence-electron chi connectivity index (χ1n) is 7.78. The van der Waals surface area contributed by atoms with Gasteiger partial charge in [0.15, 0.2) is 0 Å². The highest BCUT2D eigenvalue weighted by molar-refractivity contribution is 5.95. The largest absolute Gasteiger partial charge is 0.376 e. The fourth-order valence-electron chi connectivity index (χ4n) is 2.61. The van der Waals surface area contributed by atoms with E-state index in [0.29, 0.717) is 23.2 Å². The van der Waals surface area contributed by atoms with Crippen molar-refractivity contribution < 1.29 is 9.72 Å². The minimum absolute atomic E-state index is 0.00868. The van der Waals surface area contributed by atoms with E-state index in [2.05, 4.69) is 17.6 Å². The molecule has 0 aliphatic heterocycles. The molecule has 0 aromatic heterocycles. The monoisotopic (exact) mass is 305 g/mol. The summed E-state index contributed by atoms with van der Waals surface area (Å²) in [5, 5.41) is 17.2. The number of amides is 1. The highest BCUT2D eigenvalue weighted by Crippen LogP contribution is 2.39. The summed E-state index contributed by atoms with van der Waals surface area (Å²) in [5.41, 5.74) is 0.764. The SMILES string of the molecule is CCCC1CC1Nc1ccc(C(=O)NC(C)C)cc1[N+](=O)[O-]. The van der Waals surface area contributed by atoms with Crippen molar-refractivity contribution in [2.24, 2.45) is 5.92 Å². The van der Waals surface area contributed by atoms with Crippen molar-refractivity contribution >= 4 is 17.3 Å². The molecule has 1 aromatic carbocycles. The van der Waals surface area contributed by atoms with Crippen molar-refractivity contribution in [2.45, 2.75) is 52.1 Å². The van der Waals surface area contributed by atoms with Crippen LogP contribution in [0.2, 0.25) is 0 Å². The predicted octanol–water partition coefficient (Wildman–Crippen LogP) is 3.33. The maximum Gasteiger partial charge on any atom is 0.293 e. The molecule has 2 rings (SSSR count). The fourth-order valence-corrected chi connectivity index (χ4v) is 2.61. The molecule has 1 aromatic rings. The van der Waals surface area contributed by atoms with Crippen LogP contribution in [0.15, 0.2) is 18.2 Å². The van der Waals surface area contributed by atoms with E-state index in [-0.39, 0.29) is 17.6 Å². The second-order valence-corrected chi connectivity index (χ2v) is 6.15. The van der Waals surface area contributed by atoms with E-state index in [1.54, 1.807) is 12.1 Å². The predicted molar refractivity (Wildman–Crippen MR) is 86.1 cm³/mol. The second-order valence-electron chi connectivity index (χ2n) is 6.15. The lowest BCUT2D eigenvalue weighted by atomic mass is 10.1. The maximum absolute atomic E-state index is 12.0. The van der Waals surface area contributed by atoms with Gasteiger partial charge in [-0.05, 0) is 44.7 Å². The summed E-state index contributed by atoms with van der Waals surface area (Å²) in [6.45, 7) is 5.84. The molecule has 22 heavy (non-hydrogen) atoms. The van der Waals surface area contributed by atoms with Crippen molar-refractivity contribution in [2.75, 3.05) is 5.32 Å². The van der Waals surface area contributed by atoms with Gasteiger partial charge in [-0.3, -0.25) is 14.9 Å². The third kappa shape index (κ3) is 3.96. The number of benzene rings is 1. The zero-order chi connectivity index (χ0) is 16.3. The van der Waals surface area contributed by atoms with Crippen molar-refractivity contribution in [3.8, 4) is 0 Å². The van der Waals surface area contributed by atoms with Crippen LogP contribution in [0.3, 0.4) is 0 Å². The summed E-state index contributed by atoms with van der Waals surface area (Å²) >= 11 is 0. The first-order chi connectivity index (χ1) is 10.4. The van der Waals surface area contributed by atoms with Gasteiger partial charge >= 0.3 is 0 Å². The average Bonchev–Trinajstić information content (AvgIpc) is 3.16. The van der Waals surface area contributed by atoms with Crippen molar-refractivity contribution in [3.05, 3.63) is 33.9 Å². The molecular weight excluding hydrogens is 282 g/mol. The van der Waals surface area contributed by atoms with E-state index >= 15 is 0 Å². The van der Waals surface area contributed by atoms with Crippen LogP contribution in [0.1, 0.15) is 50.4 Å². The van der Waals surface area contributed by atoms with Gasteiger partial charge in [0.25, 0.3) is 11.6 Å². The number of nitrogens with one attached hydrogen (secondary N) is 2. The van der Waals surface area contributed by atoms with Crippen LogP contribution < -0.4 is 10.6 Å². The van der Waals surface area contributed by atoms with Gasteiger partial charge in [-0.25, -0.2) is 0 Å². The summed E-state index contributed by atoms with van der Waals surface area (Å²) in [7, 11) is 0. The van der Waals surface area contributed by atoms with Crippen LogP contribution in [-0.4, -0.2) is 22.9 Å². The molecule has 2 N–H and O–H groups in total. The number of hydrogen-bond acceptors (Lipinski definition) is 4. The lowest BCUT2D eigenvalue weighted by Gasteiger charge is -2.10. The third-order valence-electron chi connectivity index (χ3n) is 3.80. The Morgan fingerprint density at radius 1 is 1.45 bits per heavy atom. The summed E-state index contributed by atoms with van der Waals surface area (Å²) < 4.78 is 0. The van der Waals surface area contributed by atoms with Crippen LogP contribution in [-0.2, 0) is 0 Å². The van der Waals surface area contributed by atoms with Crippen molar-refractivity contribution in [1.82, 2.24) is 5.32 Å². The van der Waals surface area contributed by atoms with Crippen LogP contribution in [0.4, 0.5) is 11.4 Å². The van der Waals surface area contributed by atoms with E-state index in [1.807, 2.05) is 13.8 Å². The first-order valence-corrected chi connectivity index (χ1v) is 7.78. The molecule has 2 unspecified atom stereocenters. The topological polar surface area (TPSA) is 84.3 Å². The Bertz CT molecular complexity index is 572. The average molecular weight is 305 g/mol. The van der Waals surface area contributed by atoms with Gasteiger partial charge in [-0.2, -0.15) is 0 Å². The van der Waals surface area contributed by atoms with Crippen LogP contribution >= 0.6 is 0 Å². The van der Waals surface area contributed by atoms with Crippen LogP contribution in [0, 0.1) is 16.0 Å². The van der Waals surface area contributed by atoms with Gasteiger partial charge in [-0.15, -0.1) is 0 Å². The molecule has 0 spiro atoms. The molecule has 0 heterocycles. The van der Waals surface area contributed by atoms with E-state index in [4.69, 9.17) is 0 Å². The molecule has 1 amide bonds. The normalized spacial score (nSPS) is 19.8. The van der Waals surface area contributed by atoms with Crippen LogP contribution in [0.25, 0.3) is 0 Å². The quantitative estimate of drug-likeness (QED) is 0.597. The number of carbonyl (C=O) groups is 1. The molecule has 0 radical (unpaired) electrons. The summed E-state index contributed by atoms with van der Waals surface area (Å²) in [6.07, 6.45) is 3.32. The molecule has 6 heteroatoms. The minimum Gasteiger partial charge on any atom is -0.376 e. The van der Waals surface area contributed by atoms with Gasteiger partial charge in [0.05, 0.1) is 4.92 Å². The molecule has 0 saturated heterocycles. The molecule has 1 aliphatic carbocycles. The van der Waals surface area contributed by atoms with Gasteiger partial charge in [-0.1, -0.05) is 13.3 Å². The van der Waals surface area contributed by atoms with Crippen LogP contribution in [0.5, 0.6) is 0 Å². The zero-order valence-corrected chi connectivity index (χ0v) is 13.3. The maximum atomic E-state index is 12.0. The van der Waals surface area contributed by atoms with E-state index < -0.39 is 4.92 Å². The third-order valence-corrected chi connectivity index (χ3v) is 3.80. The van der Waals surface area contributed by atoms with Gasteiger partial charge in [0.2, 0.25) is 0 Å². The fraction of sp³-hybridized carbons (Fsp3) is 0.562. The molecule has 1 fully saturated rings. The molecular formula is C16H23N3O3. The molecule has 0 bridgehead atoms. The lowest BCUT2D eigenvalue weighted by Crippen LogP contribution is -2.30. The number of nitro benzene ring substituents is 1. The van der Waals surface area contributed by atoms with E-state index in [1.165, 1.54) is 6.07 Å². The Morgan fingerprint density at radius 3 is 2.77 bits per heavy atom. The van der Waals surface area contributed by atoms with E-state index in [0.717, 1.165) is 19.3 Å². The number of rotatable bonds is 7. The van der Waals surface area contributed by atoms with Gasteiger partial charge < -0.3 is 10.6 Å². The second kappa shape index (κ2) is 6.77. The summed E-state index contributed by atoms with van der Waals surface area (Å²) in [4.78, 5) is 22.8. The van der Waals surface area contributed by atoms with Crippen molar-refractivity contribution in [3.63, 3.8) is 0 Å². The Morgan fingerprint density at radius 2 is 2.18 bits per heavy atom. The Balaban J connectivity index is 2.14. The molecule has 120 valence electrons. The minimum atomic E-state index is -0.439. The number of hydrogen-bond donors (Lipinski definition) is 2. The van der Waals surface area contributed by atoms with Gasteiger partial charge in [0, 0.05) is 23.7 Å². The number of nitro groups is 1. The highest BCUT2D eigenvalue weighted by atomic mass is 16.6. The highest BCUT2D eigenvalue weighted by Gasteiger charge is 2.37. The van der Waals surface area contributed by atoms with E-state index in [9.17, 15) is 14.9 Å². The van der Waals surface area contributed by atoms with Crippen molar-refractivity contribution in [1.29, 1.82) is 0 Å². The molecule has 6 nitrogen and oxygen atoms in total. The van der Waals surface area contributed by atoms with Gasteiger partial charge in [0.1, 0.15) is 5.69 Å². The zero-order valence-electron chi connectivity index (χ0n) is 13.3. The Kier molecular flexibility index (Phi) is 5.00. The number of nitrogens with zero attached hydrogens (tertiary/aromatic N) is 1. The smallest absolute Gasteiger partial charge is 0.293 e. The Labute approximate surface area is 130 Å². The number of anilines is 1. The summed E-state index contributed by atoms with van der Waals surface area (Å²) in [6, 6.07) is 4.91.